The second-order valence-electron chi connectivity index (χ2n) is 4.16. The third-order valence-electron chi connectivity index (χ3n) is 2.44. The van der Waals surface area contributed by atoms with E-state index in [1.807, 2.05) is 13.8 Å². The van der Waals surface area contributed by atoms with Crippen molar-refractivity contribution in [1.29, 1.82) is 0 Å². The Labute approximate surface area is 86.0 Å². The van der Waals surface area contributed by atoms with E-state index >= 15 is 0 Å². The first-order valence-corrected chi connectivity index (χ1v) is 5.32. The fourth-order valence-electron chi connectivity index (χ4n) is 1.64. The van der Waals surface area contributed by atoms with Crippen molar-refractivity contribution >= 4 is 5.91 Å². The highest BCUT2D eigenvalue weighted by Crippen LogP contribution is 2.09. The van der Waals surface area contributed by atoms with Gasteiger partial charge in [-0.3, -0.25) is 4.79 Å². The summed E-state index contributed by atoms with van der Waals surface area (Å²) in [5.41, 5.74) is 1.05. The molecule has 1 fully saturated rings. The number of hydrogen-bond donors (Lipinski definition) is 2. The summed E-state index contributed by atoms with van der Waals surface area (Å²) >= 11 is 0. The average Bonchev–Trinajstić information content (AvgIpc) is 2.15. The summed E-state index contributed by atoms with van der Waals surface area (Å²) in [4.78, 5) is 11.3. The van der Waals surface area contributed by atoms with Gasteiger partial charge in [0.25, 0.3) is 0 Å². The standard InChI is InChI=1S/C11H20N2O/c1-9(2)7-11(14)13-8-10-3-5-12-6-4-10/h7,10,12H,3-6,8H2,1-2H3,(H,13,14). The van der Waals surface area contributed by atoms with Crippen molar-refractivity contribution in [2.45, 2.75) is 26.7 Å². The van der Waals surface area contributed by atoms with Gasteiger partial charge >= 0.3 is 0 Å². The molecule has 0 saturated carbocycles. The lowest BCUT2D eigenvalue weighted by atomic mass is 9.98. The highest BCUT2D eigenvalue weighted by molar-refractivity contribution is 5.87. The molecule has 1 aliphatic rings. The normalized spacial score (nSPS) is 17.6. The Morgan fingerprint density at radius 2 is 2.07 bits per heavy atom. The molecule has 0 spiro atoms. The van der Waals surface area contributed by atoms with Gasteiger partial charge in [-0.05, 0) is 45.7 Å². The molecule has 3 heteroatoms. The highest BCUT2D eigenvalue weighted by Gasteiger charge is 2.12. The molecule has 1 amide bonds. The van der Waals surface area contributed by atoms with Gasteiger partial charge < -0.3 is 10.6 Å². The van der Waals surface area contributed by atoms with Crippen LogP contribution in [0.25, 0.3) is 0 Å². The Hall–Kier alpha value is -0.830. The van der Waals surface area contributed by atoms with Crippen LogP contribution in [-0.2, 0) is 4.79 Å². The fourth-order valence-corrected chi connectivity index (χ4v) is 1.64. The summed E-state index contributed by atoms with van der Waals surface area (Å²) in [6.07, 6.45) is 4.01. The summed E-state index contributed by atoms with van der Waals surface area (Å²) in [7, 11) is 0. The highest BCUT2D eigenvalue weighted by atomic mass is 16.1. The van der Waals surface area contributed by atoms with Crippen molar-refractivity contribution in [3.05, 3.63) is 11.6 Å². The molecule has 0 aromatic carbocycles. The number of piperidine rings is 1. The van der Waals surface area contributed by atoms with Crippen LogP contribution in [0.3, 0.4) is 0 Å². The summed E-state index contributed by atoms with van der Waals surface area (Å²) in [6, 6.07) is 0. The number of amides is 1. The summed E-state index contributed by atoms with van der Waals surface area (Å²) < 4.78 is 0. The molecule has 1 aliphatic heterocycles. The molecule has 14 heavy (non-hydrogen) atoms. The monoisotopic (exact) mass is 196 g/mol. The van der Waals surface area contributed by atoms with Crippen LogP contribution >= 0.6 is 0 Å². The Morgan fingerprint density at radius 3 is 2.64 bits per heavy atom. The van der Waals surface area contributed by atoms with E-state index in [0.29, 0.717) is 5.92 Å². The van der Waals surface area contributed by atoms with Gasteiger partial charge in [-0.2, -0.15) is 0 Å². The van der Waals surface area contributed by atoms with E-state index < -0.39 is 0 Å². The van der Waals surface area contributed by atoms with E-state index in [0.717, 1.165) is 25.2 Å². The van der Waals surface area contributed by atoms with Crippen molar-refractivity contribution in [1.82, 2.24) is 10.6 Å². The predicted molar refractivity (Wildman–Crippen MR) is 58.0 cm³/mol. The maximum absolute atomic E-state index is 11.3. The number of allylic oxidation sites excluding steroid dienone is 1. The van der Waals surface area contributed by atoms with E-state index in [1.54, 1.807) is 6.08 Å². The summed E-state index contributed by atoms with van der Waals surface area (Å²) in [5, 5.41) is 6.25. The van der Waals surface area contributed by atoms with Crippen LogP contribution in [0.5, 0.6) is 0 Å². The average molecular weight is 196 g/mol. The molecule has 0 atom stereocenters. The van der Waals surface area contributed by atoms with Gasteiger partial charge in [-0.15, -0.1) is 0 Å². The lowest BCUT2D eigenvalue weighted by Gasteiger charge is -2.22. The molecule has 0 aromatic heterocycles. The van der Waals surface area contributed by atoms with Gasteiger partial charge in [0.15, 0.2) is 0 Å². The Kier molecular flexibility index (Phi) is 4.66. The molecular formula is C11H20N2O. The van der Waals surface area contributed by atoms with Crippen LogP contribution in [0.2, 0.25) is 0 Å². The number of rotatable bonds is 3. The second-order valence-corrected chi connectivity index (χ2v) is 4.16. The second kappa shape index (κ2) is 5.81. The van der Waals surface area contributed by atoms with Gasteiger partial charge in [-0.25, -0.2) is 0 Å². The lowest BCUT2D eigenvalue weighted by molar-refractivity contribution is -0.116. The van der Waals surface area contributed by atoms with Crippen molar-refractivity contribution in [3.8, 4) is 0 Å². The van der Waals surface area contributed by atoms with E-state index in [-0.39, 0.29) is 5.91 Å². The van der Waals surface area contributed by atoms with Crippen LogP contribution < -0.4 is 10.6 Å². The molecule has 0 unspecified atom stereocenters. The fraction of sp³-hybridized carbons (Fsp3) is 0.727. The molecule has 0 bridgehead atoms. The van der Waals surface area contributed by atoms with Crippen molar-refractivity contribution < 1.29 is 4.79 Å². The number of carbonyl (C=O) groups excluding carboxylic acids is 1. The van der Waals surface area contributed by atoms with Crippen LogP contribution in [-0.4, -0.2) is 25.5 Å². The molecule has 1 heterocycles. The van der Waals surface area contributed by atoms with Crippen molar-refractivity contribution in [3.63, 3.8) is 0 Å². The molecule has 0 aromatic rings. The molecule has 2 N–H and O–H groups in total. The van der Waals surface area contributed by atoms with Gasteiger partial charge in [0, 0.05) is 12.6 Å². The van der Waals surface area contributed by atoms with E-state index in [9.17, 15) is 4.79 Å². The van der Waals surface area contributed by atoms with Gasteiger partial charge in [0.1, 0.15) is 0 Å². The van der Waals surface area contributed by atoms with Crippen molar-refractivity contribution in [2.75, 3.05) is 19.6 Å². The lowest BCUT2D eigenvalue weighted by Crippen LogP contribution is -2.35. The minimum atomic E-state index is 0.0449. The first-order chi connectivity index (χ1) is 6.68. The molecule has 1 rings (SSSR count). The Bertz CT molecular complexity index is 213. The molecule has 3 nitrogen and oxygen atoms in total. The first kappa shape index (κ1) is 11.2. The molecular weight excluding hydrogens is 176 g/mol. The molecule has 0 radical (unpaired) electrons. The zero-order chi connectivity index (χ0) is 10.4. The molecule has 0 aliphatic carbocycles. The van der Waals surface area contributed by atoms with Crippen molar-refractivity contribution in [2.24, 2.45) is 5.92 Å². The zero-order valence-electron chi connectivity index (χ0n) is 9.10. The SMILES string of the molecule is CC(C)=CC(=O)NCC1CCNCC1. The largest absolute Gasteiger partial charge is 0.352 e. The minimum absolute atomic E-state index is 0.0449. The maximum Gasteiger partial charge on any atom is 0.243 e. The summed E-state index contributed by atoms with van der Waals surface area (Å²) in [6.45, 7) is 6.87. The first-order valence-electron chi connectivity index (χ1n) is 5.32. The smallest absolute Gasteiger partial charge is 0.243 e. The Morgan fingerprint density at radius 1 is 1.43 bits per heavy atom. The van der Waals surface area contributed by atoms with Crippen LogP contribution in [0.15, 0.2) is 11.6 Å². The van der Waals surface area contributed by atoms with Gasteiger partial charge in [-0.1, -0.05) is 5.57 Å². The zero-order valence-corrected chi connectivity index (χ0v) is 9.10. The third-order valence-corrected chi connectivity index (χ3v) is 2.44. The number of hydrogen-bond acceptors (Lipinski definition) is 2. The number of nitrogens with one attached hydrogen (secondary N) is 2. The van der Waals surface area contributed by atoms with E-state index in [2.05, 4.69) is 10.6 Å². The number of carbonyl (C=O) groups is 1. The predicted octanol–water partition coefficient (Wildman–Crippen LogP) is 1.07. The Balaban J connectivity index is 2.19. The van der Waals surface area contributed by atoms with Crippen LogP contribution in [0.1, 0.15) is 26.7 Å². The summed E-state index contributed by atoms with van der Waals surface area (Å²) in [5.74, 6) is 0.703. The molecule has 1 saturated heterocycles. The topological polar surface area (TPSA) is 41.1 Å². The maximum atomic E-state index is 11.3. The third kappa shape index (κ3) is 4.42. The molecule has 80 valence electrons. The van der Waals surface area contributed by atoms with E-state index in [4.69, 9.17) is 0 Å². The van der Waals surface area contributed by atoms with E-state index in [1.165, 1.54) is 12.8 Å². The van der Waals surface area contributed by atoms with Gasteiger partial charge in [0.2, 0.25) is 5.91 Å². The minimum Gasteiger partial charge on any atom is -0.352 e. The quantitative estimate of drug-likeness (QED) is 0.663. The van der Waals surface area contributed by atoms with Crippen LogP contribution in [0, 0.1) is 5.92 Å². The van der Waals surface area contributed by atoms with Gasteiger partial charge in [0.05, 0.1) is 0 Å². The van der Waals surface area contributed by atoms with Crippen LogP contribution in [0.4, 0.5) is 0 Å².